The van der Waals surface area contributed by atoms with Gasteiger partial charge in [-0.3, -0.25) is 4.79 Å². The van der Waals surface area contributed by atoms with Crippen molar-refractivity contribution >= 4 is 15.9 Å². The summed E-state index contributed by atoms with van der Waals surface area (Å²) in [6.45, 7) is 1.69. The van der Waals surface area contributed by atoms with Gasteiger partial charge in [0.25, 0.3) is 10.0 Å². The Labute approximate surface area is 131 Å². The number of ether oxygens (including phenoxy) is 1. The molecule has 3 rings (SSSR count). The maximum absolute atomic E-state index is 12.4. The Hall–Kier alpha value is -1.56. The molecule has 5 nitrogen and oxygen atoms in total. The number of amides is 1. The van der Waals surface area contributed by atoms with E-state index in [1.165, 1.54) is 32.4 Å². The number of methoxy groups -OCH3 is 1. The normalized spacial score (nSPS) is 20.1. The lowest BCUT2D eigenvalue weighted by Gasteiger charge is -2.53. The van der Waals surface area contributed by atoms with E-state index in [1.807, 2.05) is 0 Å². The number of benzene rings is 1. The zero-order valence-corrected chi connectivity index (χ0v) is 13.7. The van der Waals surface area contributed by atoms with Crippen molar-refractivity contribution in [1.82, 2.24) is 4.72 Å². The summed E-state index contributed by atoms with van der Waals surface area (Å²) in [5.74, 6) is 0.0649. The number of rotatable bonds is 4. The fourth-order valence-electron chi connectivity index (χ4n) is 3.58. The molecule has 0 radical (unpaired) electrons. The van der Waals surface area contributed by atoms with Crippen molar-refractivity contribution in [3.63, 3.8) is 0 Å². The summed E-state index contributed by atoms with van der Waals surface area (Å²) >= 11 is 0. The minimum Gasteiger partial charge on any atom is -0.497 e. The number of carbonyl (C=O) groups is 1. The quantitative estimate of drug-likeness (QED) is 0.923. The van der Waals surface area contributed by atoms with Crippen LogP contribution in [-0.2, 0) is 14.8 Å². The average Bonchev–Trinajstić information content (AvgIpc) is 2.34. The van der Waals surface area contributed by atoms with Crippen LogP contribution in [0.4, 0.5) is 0 Å². The van der Waals surface area contributed by atoms with E-state index < -0.39 is 10.0 Å². The summed E-state index contributed by atoms with van der Waals surface area (Å²) in [4.78, 5) is 12.3. The van der Waals surface area contributed by atoms with Gasteiger partial charge in [0, 0.05) is 5.92 Å². The molecule has 0 aromatic heterocycles. The fraction of sp³-hybridized carbons (Fsp3) is 0.562. The highest BCUT2D eigenvalue weighted by Crippen LogP contribution is 2.58. The fourth-order valence-corrected chi connectivity index (χ4v) is 4.85. The van der Waals surface area contributed by atoms with Gasteiger partial charge < -0.3 is 4.74 Å². The van der Waals surface area contributed by atoms with Crippen LogP contribution in [0.5, 0.6) is 5.75 Å². The lowest BCUT2D eigenvalue weighted by molar-refractivity contribution is -0.134. The SMILES string of the molecule is COc1ccc(S(=O)(=O)NC(=O)C2CC3(CCC3)C2)c(C)c1. The second kappa shape index (κ2) is 5.26. The molecule has 6 heteroatoms. The van der Waals surface area contributed by atoms with Gasteiger partial charge in [-0.2, -0.15) is 0 Å². The van der Waals surface area contributed by atoms with E-state index >= 15 is 0 Å². The van der Waals surface area contributed by atoms with E-state index in [1.54, 1.807) is 19.1 Å². The lowest BCUT2D eigenvalue weighted by Crippen LogP contribution is -2.49. The first-order valence-electron chi connectivity index (χ1n) is 7.57. The van der Waals surface area contributed by atoms with Gasteiger partial charge in [-0.05, 0) is 61.8 Å². The van der Waals surface area contributed by atoms with Gasteiger partial charge in [0.2, 0.25) is 5.91 Å². The molecule has 0 aliphatic heterocycles. The van der Waals surface area contributed by atoms with Crippen molar-refractivity contribution in [3.05, 3.63) is 23.8 Å². The maximum atomic E-state index is 12.4. The first-order chi connectivity index (χ1) is 10.4. The van der Waals surface area contributed by atoms with E-state index in [0.717, 1.165) is 12.8 Å². The van der Waals surface area contributed by atoms with Gasteiger partial charge in [0.15, 0.2) is 0 Å². The summed E-state index contributed by atoms with van der Waals surface area (Å²) in [5, 5.41) is 0. The smallest absolute Gasteiger partial charge is 0.264 e. The molecule has 1 N–H and O–H groups in total. The van der Waals surface area contributed by atoms with Crippen LogP contribution in [0.25, 0.3) is 0 Å². The highest BCUT2D eigenvalue weighted by molar-refractivity contribution is 7.90. The van der Waals surface area contributed by atoms with E-state index in [4.69, 9.17) is 4.74 Å². The maximum Gasteiger partial charge on any atom is 0.264 e. The minimum absolute atomic E-state index is 0.124. The second-order valence-corrected chi connectivity index (χ2v) is 8.21. The van der Waals surface area contributed by atoms with Crippen molar-refractivity contribution in [3.8, 4) is 5.75 Å². The third-order valence-electron chi connectivity index (χ3n) is 5.05. The monoisotopic (exact) mass is 323 g/mol. The van der Waals surface area contributed by atoms with Gasteiger partial charge in [-0.25, -0.2) is 13.1 Å². The highest BCUT2D eigenvalue weighted by Gasteiger charge is 2.51. The van der Waals surface area contributed by atoms with E-state index in [2.05, 4.69) is 4.72 Å². The minimum atomic E-state index is -3.82. The van der Waals surface area contributed by atoms with Gasteiger partial charge in [0.05, 0.1) is 12.0 Å². The molecule has 1 spiro atoms. The van der Waals surface area contributed by atoms with Gasteiger partial charge in [0.1, 0.15) is 5.75 Å². The Kier molecular flexibility index (Phi) is 3.67. The van der Waals surface area contributed by atoms with Crippen LogP contribution in [-0.4, -0.2) is 21.4 Å². The van der Waals surface area contributed by atoms with Gasteiger partial charge in [-0.15, -0.1) is 0 Å². The van der Waals surface area contributed by atoms with Crippen LogP contribution in [0.3, 0.4) is 0 Å². The number of aryl methyl sites for hydroxylation is 1. The number of carbonyl (C=O) groups excluding carboxylic acids is 1. The predicted molar refractivity (Wildman–Crippen MR) is 82.1 cm³/mol. The third kappa shape index (κ3) is 2.60. The molecule has 0 heterocycles. The summed E-state index contributed by atoms with van der Waals surface area (Å²) in [6.07, 6.45) is 5.26. The number of sulfonamides is 1. The van der Waals surface area contributed by atoms with Crippen LogP contribution in [0.15, 0.2) is 23.1 Å². The van der Waals surface area contributed by atoms with Gasteiger partial charge >= 0.3 is 0 Å². The zero-order valence-electron chi connectivity index (χ0n) is 12.9. The molecule has 0 atom stereocenters. The summed E-state index contributed by atoms with van der Waals surface area (Å²) in [7, 11) is -2.29. The van der Waals surface area contributed by atoms with E-state index in [-0.39, 0.29) is 16.7 Å². The van der Waals surface area contributed by atoms with Crippen LogP contribution >= 0.6 is 0 Å². The number of hydrogen-bond acceptors (Lipinski definition) is 4. The summed E-state index contributed by atoms with van der Waals surface area (Å²) in [5.41, 5.74) is 0.908. The third-order valence-corrected chi connectivity index (χ3v) is 6.56. The summed E-state index contributed by atoms with van der Waals surface area (Å²) < 4.78 is 32.1. The molecular formula is C16H21NO4S. The van der Waals surface area contributed by atoms with Crippen LogP contribution in [0, 0.1) is 18.3 Å². The van der Waals surface area contributed by atoms with Crippen molar-refractivity contribution < 1.29 is 17.9 Å². The zero-order chi connectivity index (χ0) is 16.0. The molecule has 2 aliphatic rings. The molecular weight excluding hydrogens is 302 g/mol. The molecule has 2 saturated carbocycles. The number of nitrogens with one attached hydrogen (secondary N) is 1. The van der Waals surface area contributed by atoms with Crippen molar-refractivity contribution in [2.45, 2.75) is 43.9 Å². The topological polar surface area (TPSA) is 72.5 Å². The summed E-state index contributed by atoms with van der Waals surface area (Å²) in [6, 6.07) is 4.70. The van der Waals surface area contributed by atoms with Crippen molar-refractivity contribution in [1.29, 1.82) is 0 Å². The Morgan fingerprint density at radius 3 is 2.50 bits per heavy atom. The Morgan fingerprint density at radius 1 is 1.32 bits per heavy atom. The van der Waals surface area contributed by atoms with Crippen LogP contribution in [0.2, 0.25) is 0 Å². The molecule has 2 fully saturated rings. The van der Waals surface area contributed by atoms with Crippen molar-refractivity contribution in [2.24, 2.45) is 11.3 Å². The predicted octanol–water partition coefficient (Wildman–Crippen LogP) is 2.39. The lowest BCUT2D eigenvalue weighted by atomic mass is 9.52. The molecule has 1 aromatic carbocycles. The Bertz CT molecular complexity index is 699. The Morgan fingerprint density at radius 2 is 2.00 bits per heavy atom. The number of hydrogen-bond donors (Lipinski definition) is 1. The molecule has 2 aliphatic carbocycles. The molecule has 0 unspecified atom stereocenters. The first kappa shape index (κ1) is 15.3. The standard InChI is InChI=1S/C16H21NO4S/c1-11-8-13(21-2)4-5-14(11)22(19,20)17-15(18)12-9-16(10-12)6-3-7-16/h4-5,8,12H,3,6-7,9-10H2,1-2H3,(H,17,18). The molecule has 22 heavy (non-hydrogen) atoms. The van der Waals surface area contributed by atoms with Crippen LogP contribution < -0.4 is 9.46 Å². The average molecular weight is 323 g/mol. The molecule has 0 saturated heterocycles. The van der Waals surface area contributed by atoms with E-state index in [0.29, 0.717) is 16.7 Å². The molecule has 1 amide bonds. The second-order valence-electron chi connectivity index (χ2n) is 6.56. The molecule has 1 aromatic rings. The highest BCUT2D eigenvalue weighted by atomic mass is 32.2. The van der Waals surface area contributed by atoms with E-state index in [9.17, 15) is 13.2 Å². The molecule has 120 valence electrons. The largest absolute Gasteiger partial charge is 0.497 e. The first-order valence-corrected chi connectivity index (χ1v) is 9.05. The van der Waals surface area contributed by atoms with Gasteiger partial charge in [-0.1, -0.05) is 6.42 Å². The van der Waals surface area contributed by atoms with Crippen molar-refractivity contribution in [2.75, 3.05) is 7.11 Å². The van der Waals surface area contributed by atoms with Crippen LogP contribution in [0.1, 0.15) is 37.7 Å². The Balaban J connectivity index is 1.69. The molecule has 0 bridgehead atoms.